The number of aliphatic imine (C=N–C) groups is 1. The third kappa shape index (κ3) is 26.6. The first-order chi connectivity index (χ1) is 46.0. The molecule has 544 valence electrons. The normalized spacial score (nSPS) is 23.5. The fraction of sp³-hybridized carbons (Fsp3) is 0.600. The third-order valence-electron chi connectivity index (χ3n) is 15.7. The van der Waals surface area contributed by atoms with Crippen molar-refractivity contribution in [3.05, 3.63) is 71.8 Å². The lowest BCUT2D eigenvalue weighted by Crippen LogP contribution is -2.64. The van der Waals surface area contributed by atoms with Crippen molar-refractivity contribution in [1.82, 2.24) is 53.2 Å². The van der Waals surface area contributed by atoms with Crippen molar-refractivity contribution >= 4 is 82.9 Å². The van der Waals surface area contributed by atoms with E-state index >= 15 is 9.59 Å². The van der Waals surface area contributed by atoms with Crippen LogP contribution in [0.2, 0.25) is 0 Å². The number of guanidine groups is 1. The minimum atomic E-state index is -2.46. The molecule has 0 unspecified atom stereocenters. The molecule has 21 N–H and O–H groups in total. The Kier molecular flexibility index (Phi) is 34.2. The average Bonchev–Trinajstić information content (AvgIpc) is 0.799. The van der Waals surface area contributed by atoms with Gasteiger partial charge in [0.25, 0.3) is 5.91 Å². The van der Waals surface area contributed by atoms with E-state index in [1.54, 1.807) is 41.5 Å². The number of primary amides is 1. The molecule has 3 rings (SSSR count). The molecule has 33 heteroatoms. The Hall–Kier alpha value is -9.34. The molecule has 1 aliphatic heterocycles. The molecule has 15 atom stereocenters. The van der Waals surface area contributed by atoms with Gasteiger partial charge in [-0.2, -0.15) is 0 Å². The maximum Gasteiger partial charge on any atom is 0.339 e. The number of hydrogen-bond acceptors (Lipinski definition) is 20. The molecule has 1 fully saturated rings. The molecule has 1 saturated heterocycles. The number of aliphatic hydroxyl groups is 3. The van der Waals surface area contributed by atoms with Gasteiger partial charge in [0.2, 0.25) is 65.2 Å². The summed E-state index contributed by atoms with van der Waals surface area (Å²) < 4.78 is 11.4. The van der Waals surface area contributed by atoms with Gasteiger partial charge in [0.1, 0.15) is 42.3 Å². The van der Waals surface area contributed by atoms with E-state index < -0.39 is 193 Å². The molecule has 0 aliphatic carbocycles. The van der Waals surface area contributed by atoms with Gasteiger partial charge in [-0.05, 0) is 86.3 Å². The van der Waals surface area contributed by atoms with Crippen LogP contribution in [0.1, 0.15) is 137 Å². The first-order valence-electron chi connectivity index (χ1n) is 32.6. The van der Waals surface area contributed by atoms with E-state index in [2.05, 4.69) is 58.2 Å². The van der Waals surface area contributed by atoms with Crippen molar-refractivity contribution in [2.75, 3.05) is 19.7 Å². The molecule has 0 aromatic heterocycles. The Morgan fingerprint density at radius 3 is 1.71 bits per heavy atom. The van der Waals surface area contributed by atoms with Crippen LogP contribution in [0.4, 0.5) is 0 Å². The van der Waals surface area contributed by atoms with Gasteiger partial charge in [-0.25, -0.2) is 9.59 Å². The van der Waals surface area contributed by atoms with E-state index in [-0.39, 0.29) is 74.0 Å². The van der Waals surface area contributed by atoms with Gasteiger partial charge in [-0.1, -0.05) is 124 Å². The summed E-state index contributed by atoms with van der Waals surface area (Å²) in [5, 5.41) is 58.1. The number of hydrogen-bond donors (Lipinski definition) is 17. The second-order valence-corrected chi connectivity index (χ2v) is 25.8. The van der Waals surface area contributed by atoms with Gasteiger partial charge < -0.3 is 101 Å². The molecule has 1 heterocycles. The minimum absolute atomic E-state index is 0.0333. The fourth-order valence-electron chi connectivity index (χ4n) is 10.1. The highest BCUT2D eigenvalue weighted by Crippen LogP contribution is 2.25. The van der Waals surface area contributed by atoms with Crippen molar-refractivity contribution in [3.8, 4) is 0 Å². The fourth-order valence-corrected chi connectivity index (χ4v) is 10.1. The largest absolute Gasteiger partial charge is 0.453 e. The number of carbonyl (C=O) groups excluding carboxylic acids is 13. The number of benzene rings is 2. The zero-order valence-corrected chi connectivity index (χ0v) is 57.3. The molecule has 0 saturated carbocycles. The van der Waals surface area contributed by atoms with Gasteiger partial charge in [-0.3, -0.25) is 57.7 Å². The molecule has 0 radical (unpaired) electrons. The van der Waals surface area contributed by atoms with E-state index in [0.29, 0.717) is 0 Å². The Bertz CT molecular complexity index is 3080. The summed E-state index contributed by atoms with van der Waals surface area (Å²) in [5.74, 6) is -18.7. The highest BCUT2D eigenvalue weighted by Gasteiger charge is 2.45. The van der Waals surface area contributed by atoms with Gasteiger partial charge in [0.05, 0.1) is 37.0 Å². The average molecular weight is 1380 g/mol. The highest BCUT2D eigenvalue weighted by atomic mass is 16.6. The van der Waals surface area contributed by atoms with Crippen LogP contribution in [0.3, 0.4) is 0 Å². The number of aliphatic hydroxyl groups excluding tert-OH is 3. The van der Waals surface area contributed by atoms with Crippen LogP contribution in [-0.4, -0.2) is 197 Å². The van der Waals surface area contributed by atoms with Crippen molar-refractivity contribution in [2.24, 2.45) is 57.5 Å². The lowest BCUT2D eigenvalue weighted by molar-refractivity contribution is -0.159. The predicted molar refractivity (Wildman–Crippen MR) is 356 cm³/mol. The summed E-state index contributed by atoms with van der Waals surface area (Å²) in [6.07, 6.45) is -8.12. The van der Waals surface area contributed by atoms with Gasteiger partial charge in [0.15, 0.2) is 24.1 Å². The Morgan fingerprint density at radius 1 is 0.633 bits per heavy atom. The topological polar surface area (TPSA) is 538 Å². The zero-order chi connectivity index (χ0) is 73.8. The van der Waals surface area contributed by atoms with E-state index in [0.717, 1.165) is 6.92 Å². The molecule has 33 nitrogen and oxygen atoms in total. The van der Waals surface area contributed by atoms with Gasteiger partial charge in [0, 0.05) is 6.54 Å². The Balaban J connectivity index is 2.49. The Labute approximate surface area is 569 Å². The third-order valence-corrected chi connectivity index (χ3v) is 15.7. The minimum Gasteiger partial charge on any atom is -0.453 e. The van der Waals surface area contributed by atoms with E-state index in [4.69, 9.17) is 32.4 Å². The summed E-state index contributed by atoms with van der Waals surface area (Å²) in [5.41, 5.74) is 22.9. The molecular formula is C65H101N15O18. The van der Waals surface area contributed by atoms with Crippen molar-refractivity contribution in [2.45, 2.75) is 200 Å². The summed E-state index contributed by atoms with van der Waals surface area (Å²) in [6, 6.07) is -4.19. The molecule has 98 heavy (non-hydrogen) atoms. The molecule has 0 spiro atoms. The summed E-state index contributed by atoms with van der Waals surface area (Å²) in [6.45, 7) is 15.2. The number of nitrogens with zero attached hydrogens (tertiary/aromatic N) is 1. The van der Waals surface area contributed by atoms with E-state index in [9.17, 15) is 68.1 Å². The standard InChI is InChI=1S/C65H101N15O18/c1-12-35(10)45-59(91)78-46(36(11)82)58(90)71-29-44(83)76-49(52(53(67)85)98-63(95)38-22-17-14-18-23-38)61(93)75-43(30-81)64(96)97-51(37-20-15-13-16-21-37)48(80-57(89)42(28-33(6)7)73-54(86)39(66)26-31(2)3)62(94)79-47(50(84)34(8)9)60(92)74-41(27-32(4)5)56(88)72-40(55(87)77-45)24-19-25-70-65(68)69/h13-18,20-23,31-36,39-43,45-52,81-82,84H,12,19,24-30,66H2,1-11H3,(H2,67,85)(H,71,90)(H,72,88)(H,73,86)(H,74,92)(H,75,93)(H,76,83)(H,77,87)(H,78,91)(H,79,94)(H,80,89)(H4,68,69,70)/t35-,36-,39+,40+,41-,42-,43-,45-,46-,47-,48-,49-,50+,51+,52-/m0/s1. The lowest BCUT2D eigenvalue weighted by Gasteiger charge is -2.34. The number of nitrogens with two attached hydrogens (primary N) is 4. The summed E-state index contributed by atoms with van der Waals surface area (Å²) >= 11 is 0. The van der Waals surface area contributed by atoms with Gasteiger partial charge >= 0.3 is 11.9 Å². The highest BCUT2D eigenvalue weighted by molar-refractivity contribution is 6.01. The maximum atomic E-state index is 15.5. The predicted octanol–water partition coefficient (Wildman–Crippen LogP) is -3.57. The van der Waals surface area contributed by atoms with Crippen LogP contribution >= 0.6 is 0 Å². The van der Waals surface area contributed by atoms with Gasteiger partial charge in [-0.15, -0.1) is 0 Å². The molecule has 11 amide bonds. The molecule has 1 aliphatic rings. The van der Waals surface area contributed by atoms with Crippen LogP contribution in [-0.2, 0) is 67.0 Å². The summed E-state index contributed by atoms with van der Waals surface area (Å²) in [7, 11) is 0. The molecular weight excluding hydrogens is 1280 g/mol. The van der Waals surface area contributed by atoms with E-state index in [1.165, 1.54) is 74.5 Å². The van der Waals surface area contributed by atoms with Crippen molar-refractivity contribution < 1.29 is 87.1 Å². The van der Waals surface area contributed by atoms with Crippen LogP contribution < -0.4 is 76.1 Å². The number of carbonyl (C=O) groups is 13. The van der Waals surface area contributed by atoms with E-state index in [1.807, 2.05) is 13.8 Å². The zero-order valence-electron chi connectivity index (χ0n) is 57.3. The van der Waals surface area contributed by atoms with Crippen molar-refractivity contribution in [3.63, 3.8) is 0 Å². The molecule has 2 aromatic rings. The number of nitrogens with one attached hydrogen (secondary N) is 10. The Morgan fingerprint density at radius 2 is 1.17 bits per heavy atom. The number of rotatable bonds is 25. The lowest BCUT2D eigenvalue weighted by atomic mass is 9.95. The first-order valence-corrected chi connectivity index (χ1v) is 32.6. The quantitative estimate of drug-likeness (QED) is 0.0198. The van der Waals surface area contributed by atoms with Crippen molar-refractivity contribution in [1.29, 1.82) is 0 Å². The second kappa shape index (κ2) is 40.4. The number of cyclic esters (lactones) is 1. The maximum absolute atomic E-state index is 15.5. The number of amides is 11. The second-order valence-electron chi connectivity index (χ2n) is 25.8. The number of esters is 2. The van der Waals surface area contributed by atoms with Crippen LogP contribution in [0.15, 0.2) is 65.7 Å². The summed E-state index contributed by atoms with van der Waals surface area (Å²) in [4.78, 5) is 191. The van der Waals surface area contributed by atoms with Crippen LogP contribution in [0.25, 0.3) is 0 Å². The molecule has 0 bridgehead atoms. The molecule has 2 aromatic carbocycles. The SMILES string of the molecule is CC[C@H](C)[C@@H]1NC(=O)[C@@H](CCCN=C(N)N)NC(=O)[C@H](CC(C)C)NC(=O)[C@H]([C@H](O)C(C)C)NC(=O)[C@@H](NC(=O)[C@H](CC(C)C)NC(=O)[C@H](N)CC(C)C)[C@@H](c2ccccc2)OC(=O)[C@H](CO)NC(=O)[C@H]([C@H](OC(=O)c2ccccc2)C(N)=O)NC(=O)CNC(=O)[C@H]([C@H](C)O)NC1=O. The number of ether oxygens (including phenoxy) is 2. The first kappa shape index (κ1) is 82.9. The smallest absolute Gasteiger partial charge is 0.339 e. The van der Waals surface area contributed by atoms with Crippen LogP contribution in [0.5, 0.6) is 0 Å². The van der Waals surface area contributed by atoms with Crippen LogP contribution in [0, 0.1) is 29.6 Å². The monoisotopic (exact) mass is 1380 g/mol.